The molecule has 1 atom stereocenters. The summed E-state index contributed by atoms with van der Waals surface area (Å²) in [6.07, 6.45) is -0.662. The Hall–Kier alpha value is -5.86. The van der Waals surface area contributed by atoms with Gasteiger partial charge in [0, 0.05) is 53.2 Å². The highest BCUT2D eigenvalue weighted by molar-refractivity contribution is 6.02. The van der Waals surface area contributed by atoms with Crippen LogP contribution < -0.4 is 22.1 Å². The first-order valence-corrected chi connectivity index (χ1v) is 12.5. The number of nitrogens with zero attached hydrogens (tertiary/aromatic N) is 4. The van der Waals surface area contributed by atoms with Gasteiger partial charge in [0.1, 0.15) is 11.9 Å². The smallest absolute Gasteiger partial charge is 0.326 e. The van der Waals surface area contributed by atoms with Crippen LogP contribution in [0, 0.1) is 17.0 Å². The van der Waals surface area contributed by atoms with Gasteiger partial charge in [-0.05, 0) is 55.3 Å². The SMILES string of the molecule is Cc1nc2nc(N)nc(N)c2c(-c2ccc([N+](=O)[O-])cc2)c1CNc1ccc(C(=O)N[C@@H](CCC(=O)O)C(=O)O)cc1. The summed E-state index contributed by atoms with van der Waals surface area (Å²) < 4.78 is 0. The number of hydrogen-bond donors (Lipinski definition) is 6. The Morgan fingerprint density at radius 3 is 2.26 bits per heavy atom. The number of nitrogens with two attached hydrogens (primary N) is 2. The van der Waals surface area contributed by atoms with E-state index in [0.29, 0.717) is 33.5 Å². The van der Waals surface area contributed by atoms with Crippen LogP contribution in [0.1, 0.15) is 34.5 Å². The summed E-state index contributed by atoms with van der Waals surface area (Å²) in [5.41, 5.74) is 15.5. The van der Waals surface area contributed by atoms with Crippen LogP contribution in [0.2, 0.25) is 0 Å². The Balaban J connectivity index is 1.61. The van der Waals surface area contributed by atoms with Crippen molar-refractivity contribution in [3.8, 4) is 11.1 Å². The van der Waals surface area contributed by atoms with Crippen molar-refractivity contribution < 1.29 is 29.5 Å². The zero-order valence-corrected chi connectivity index (χ0v) is 22.2. The van der Waals surface area contributed by atoms with E-state index in [9.17, 15) is 29.6 Å². The van der Waals surface area contributed by atoms with Crippen LogP contribution in [-0.2, 0) is 16.1 Å². The van der Waals surface area contributed by atoms with E-state index in [-0.39, 0.29) is 41.6 Å². The highest BCUT2D eigenvalue weighted by Crippen LogP contribution is 2.36. The minimum atomic E-state index is -1.35. The second-order valence-corrected chi connectivity index (χ2v) is 9.25. The molecule has 0 aliphatic heterocycles. The third-order valence-electron chi connectivity index (χ3n) is 6.43. The number of carbonyl (C=O) groups excluding carboxylic acids is 1. The van der Waals surface area contributed by atoms with Crippen LogP contribution in [-0.4, -0.2) is 54.0 Å². The van der Waals surface area contributed by atoms with Crippen molar-refractivity contribution in [3.63, 3.8) is 0 Å². The van der Waals surface area contributed by atoms with Gasteiger partial charge in [-0.2, -0.15) is 9.97 Å². The molecule has 0 aliphatic carbocycles. The molecule has 0 aliphatic rings. The van der Waals surface area contributed by atoms with Crippen molar-refractivity contribution in [1.29, 1.82) is 0 Å². The van der Waals surface area contributed by atoms with Gasteiger partial charge in [0.25, 0.3) is 11.6 Å². The molecule has 15 nitrogen and oxygen atoms in total. The number of carboxylic acid groups (broad SMARTS) is 2. The Bertz CT molecular complexity index is 1690. The summed E-state index contributed by atoms with van der Waals surface area (Å²) in [5.74, 6) is -3.12. The molecule has 2 aromatic heterocycles. The van der Waals surface area contributed by atoms with Crippen LogP contribution in [0.5, 0.6) is 0 Å². The van der Waals surface area contributed by atoms with Crippen molar-refractivity contribution in [2.75, 3.05) is 16.8 Å². The number of non-ortho nitro benzene ring substituents is 1. The average molecular weight is 575 g/mol. The number of rotatable bonds is 11. The molecule has 15 heteroatoms. The molecular formula is C27H26N8O7. The number of carbonyl (C=O) groups is 3. The quantitative estimate of drug-likeness (QED) is 0.111. The lowest BCUT2D eigenvalue weighted by Crippen LogP contribution is -2.41. The minimum absolute atomic E-state index is 0.0480. The van der Waals surface area contributed by atoms with Gasteiger partial charge in [0.2, 0.25) is 5.95 Å². The van der Waals surface area contributed by atoms with Gasteiger partial charge in [-0.25, -0.2) is 9.78 Å². The number of nitrogens with one attached hydrogen (secondary N) is 2. The molecule has 4 aromatic rings. The van der Waals surface area contributed by atoms with Gasteiger partial charge in [0.15, 0.2) is 5.65 Å². The summed E-state index contributed by atoms with van der Waals surface area (Å²) in [4.78, 5) is 58.3. The second kappa shape index (κ2) is 12.1. The fourth-order valence-corrected chi connectivity index (χ4v) is 4.34. The van der Waals surface area contributed by atoms with E-state index >= 15 is 0 Å². The molecule has 0 saturated heterocycles. The van der Waals surface area contributed by atoms with Gasteiger partial charge in [-0.15, -0.1) is 0 Å². The number of fused-ring (bicyclic) bond motifs is 1. The Morgan fingerprint density at radius 1 is 1.00 bits per heavy atom. The number of aromatic nitrogens is 3. The molecule has 1 amide bonds. The van der Waals surface area contributed by atoms with Crippen molar-refractivity contribution in [3.05, 3.63) is 75.5 Å². The Kier molecular flexibility index (Phi) is 8.40. The molecule has 42 heavy (non-hydrogen) atoms. The summed E-state index contributed by atoms with van der Waals surface area (Å²) in [6.45, 7) is 2.00. The lowest BCUT2D eigenvalue weighted by Gasteiger charge is -2.18. The van der Waals surface area contributed by atoms with Gasteiger partial charge in [-0.3, -0.25) is 19.7 Å². The number of aliphatic carboxylic acids is 2. The van der Waals surface area contributed by atoms with E-state index in [1.807, 2.05) is 0 Å². The summed E-state index contributed by atoms with van der Waals surface area (Å²) in [7, 11) is 0. The van der Waals surface area contributed by atoms with Crippen molar-refractivity contribution in [2.45, 2.75) is 32.4 Å². The fraction of sp³-hybridized carbons (Fsp3) is 0.185. The molecule has 0 fully saturated rings. The maximum Gasteiger partial charge on any atom is 0.326 e. The van der Waals surface area contributed by atoms with Gasteiger partial charge >= 0.3 is 11.9 Å². The standard InChI is InChI=1S/C27H26N8O7/c1-13-18(12-30-16-6-2-15(3-7-16)25(38)32-19(26(39)40)10-11-20(36)37)21(14-4-8-17(9-5-14)35(41)42)22-23(28)33-27(29)34-24(22)31-13/h2-9,19,30H,10-12H2,1H3,(H,32,38)(H,36,37)(H,39,40)(H4,28,29,31,33,34)/t19-/m0/s1. The highest BCUT2D eigenvalue weighted by Gasteiger charge is 2.22. The molecule has 0 saturated carbocycles. The molecule has 216 valence electrons. The van der Waals surface area contributed by atoms with Crippen molar-refractivity contribution in [1.82, 2.24) is 20.3 Å². The number of hydrogen-bond acceptors (Lipinski definition) is 11. The summed E-state index contributed by atoms with van der Waals surface area (Å²) >= 11 is 0. The van der Waals surface area contributed by atoms with Crippen LogP contribution in [0.25, 0.3) is 22.2 Å². The number of benzene rings is 2. The topological polar surface area (TPSA) is 250 Å². The van der Waals surface area contributed by atoms with Crippen LogP contribution in [0.4, 0.5) is 23.1 Å². The number of nitro benzene ring substituents is 1. The summed E-state index contributed by atoms with van der Waals surface area (Å²) in [5, 5.41) is 35.3. The first kappa shape index (κ1) is 29.1. The number of anilines is 3. The predicted molar refractivity (Wildman–Crippen MR) is 153 cm³/mol. The van der Waals surface area contributed by atoms with Gasteiger partial charge in [0.05, 0.1) is 10.3 Å². The normalized spacial score (nSPS) is 11.5. The zero-order chi connectivity index (χ0) is 30.6. The minimum Gasteiger partial charge on any atom is -0.481 e. The van der Waals surface area contributed by atoms with Crippen molar-refractivity contribution in [2.24, 2.45) is 0 Å². The number of pyridine rings is 1. The largest absolute Gasteiger partial charge is 0.481 e. The Morgan fingerprint density at radius 2 is 1.67 bits per heavy atom. The Labute approximate surface area is 237 Å². The predicted octanol–water partition coefficient (Wildman–Crippen LogP) is 2.73. The fourth-order valence-electron chi connectivity index (χ4n) is 4.34. The maximum atomic E-state index is 12.6. The molecule has 4 rings (SSSR count). The van der Waals surface area contributed by atoms with Crippen LogP contribution >= 0.6 is 0 Å². The molecule has 2 heterocycles. The van der Waals surface area contributed by atoms with E-state index in [1.54, 1.807) is 31.2 Å². The van der Waals surface area contributed by atoms with E-state index < -0.39 is 35.2 Å². The van der Waals surface area contributed by atoms with Gasteiger partial charge < -0.3 is 32.3 Å². The third kappa shape index (κ3) is 6.47. The number of amides is 1. The van der Waals surface area contributed by atoms with Crippen LogP contribution in [0.15, 0.2) is 48.5 Å². The second-order valence-electron chi connectivity index (χ2n) is 9.25. The van der Waals surface area contributed by atoms with Crippen molar-refractivity contribution >= 4 is 52.0 Å². The molecule has 0 radical (unpaired) electrons. The molecule has 8 N–H and O–H groups in total. The third-order valence-corrected chi connectivity index (χ3v) is 6.43. The highest BCUT2D eigenvalue weighted by atomic mass is 16.6. The van der Waals surface area contributed by atoms with E-state index in [0.717, 1.165) is 0 Å². The number of aryl methyl sites for hydroxylation is 1. The lowest BCUT2D eigenvalue weighted by atomic mass is 9.95. The monoisotopic (exact) mass is 574 g/mol. The average Bonchev–Trinajstić information content (AvgIpc) is 2.93. The number of nitrogen functional groups attached to an aromatic ring is 2. The molecular weight excluding hydrogens is 548 g/mol. The molecule has 0 unspecified atom stereocenters. The van der Waals surface area contributed by atoms with Crippen LogP contribution in [0.3, 0.4) is 0 Å². The van der Waals surface area contributed by atoms with E-state index in [1.165, 1.54) is 24.3 Å². The van der Waals surface area contributed by atoms with E-state index in [4.69, 9.17) is 16.6 Å². The maximum absolute atomic E-state index is 12.6. The zero-order valence-electron chi connectivity index (χ0n) is 22.2. The lowest BCUT2D eigenvalue weighted by molar-refractivity contribution is -0.384. The first-order valence-electron chi connectivity index (χ1n) is 12.5. The summed E-state index contributed by atoms with van der Waals surface area (Å²) in [6, 6.07) is 10.8. The number of nitro groups is 1. The van der Waals surface area contributed by atoms with E-state index in [2.05, 4.69) is 25.6 Å². The molecule has 0 bridgehead atoms. The number of carboxylic acids is 2. The molecule has 0 spiro atoms. The van der Waals surface area contributed by atoms with Gasteiger partial charge in [-0.1, -0.05) is 0 Å². The first-order chi connectivity index (χ1) is 19.9. The molecule has 2 aromatic carbocycles.